The molecule has 6 rings (SSSR count). The second-order valence-corrected chi connectivity index (χ2v) is 10.2. The molecule has 1 saturated heterocycles. The van der Waals surface area contributed by atoms with Gasteiger partial charge >= 0.3 is 0 Å². The molecule has 5 fully saturated rings. The summed E-state index contributed by atoms with van der Waals surface area (Å²) in [5.74, 6) is 1.30. The lowest BCUT2D eigenvalue weighted by molar-refractivity contribution is -0.146. The maximum Gasteiger partial charge on any atom is 0.248 e. The fourth-order valence-electron chi connectivity index (χ4n) is 6.95. The van der Waals surface area contributed by atoms with Crippen LogP contribution in [0.1, 0.15) is 61.7 Å². The van der Waals surface area contributed by atoms with Crippen LogP contribution >= 0.6 is 0 Å². The fraction of sp³-hybridized carbons (Fsp3) is 0.625. The zero-order chi connectivity index (χ0) is 21.6. The number of amides is 3. The van der Waals surface area contributed by atoms with Crippen LogP contribution in [0.5, 0.6) is 0 Å². The Balaban J connectivity index is 1.25. The van der Waals surface area contributed by atoms with E-state index >= 15 is 0 Å². The maximum atomic E-state index is 13.1. The molecule has 1 aromatic carbocycles. The predicted molar refractivity (Wildman–Crippen MR) is 119 cm³/mol. The Labute approximate surface area is 183 Å². The van der Waals surface area contributed by atoms with Crippen LogP contribution in [0.3, 0.4) is 0 Å². The number of nitrogens with one attached hydrogen (secondary N) is 2. The maximum absolute atomic E-state index is 13.1. The van der Waals surface area contributed by atoms with Crippen molar-refractivity contribution in [2.45, 2.75) is 51.4 Å². The van der Waals surface area contributed by atoms with Crippen molar-refractivity contribution in [3.63, 3.8) is 0 Å². The van der Waals surface area contributed by atoms with Crippen molar-refractivity contribution >= 4 is 29.1 Å². The number of hydrogen-bond donors (Lipinski definition) is 3. The van der Waals surface area contributed by atoms with Crippen LogP contribution in [0.4, 0.5) is 11.4 Å². The minimum absolute atomic E-state index is 0.0485. The molecule has 1 heterocycles. The van der Waals surface area contributed by atoms with Gasteiger partial charge in [-0.2, -0.15) is 0 Å². The average molecular weight is 425 g/mol. The van der Waals surface area contributed by atoms with Gasteiger partial charge in [0.05, 0.1) is 17.9 Å². The lowest BCUT2D eigenvalue weighted by atomic mass is 9.49. The van der Waals surface area contributed by atoms with E-state index in [2.05, 4.69) is 15.5 Å². The van der Waals surface area contributed by atoms with Crippen LogP contribution in [0.25, 0.3) is 0 Å². The number of primary amides is 1. The first kappa shape index (κ1) is 20.3. The minimum Gasteiger partial charge on any atom is -0.370 e. The first-order valence-corrected chi connectivity index (χ1v) is 11.7. The summed E-state index contributed by atoms with van der Waals surface area (Å²) in [5, 5.41) is 5.84. The Kier molecular flexibility index (Phi) is 5.15. The number of benzene rings is 1. The van der Waals surface area contributed by atoms with E-state index in [9.17, 15) is 14.4 Å². The number of rotatable bonds is 6. The molecule has 3 amide bonds. The highest BCUT2D eigenvalue weighted by Gasteiger charge is 2.54. The van der Waals surface area contributed by atoms with Gasteiger partial charge in [0.25, 0.3) is 0 Å². The standard InChI is InChI=1S/C24H32N4O3/c25-22(30)18-3-4-20(28-5-1-2-6-28)19(10-18)27-21(29)14-26-23(31)24-11-15-7-16(12-24)9-17(8-15)13-24/h3-4,10,15-17H,1-2,5-9,11-14H2,(H2,25,30)(H,26,31)(H,27,29). The van der Waals surface area contributed by atoms with Crippen molar-refractivity contribution in [2.75, 3.05) is 29.9 Å². The van der Waals surface area contributed by atoms with E-state index in [0.717, 1.165) is 50.9 Å². The molecule has 0 spiro atoms. The molecular formula is C24H32N4O3. The monoisotopic (exact) mass is 424 g/mol. The number of carbonyl (C=O) groups is 3. The van der Waals surface area contributed by atoms with Gasteiger partial charge in [-0.25, -0.2) is 0 Å². The van der Waals surface area contributed by atoms with Crippen LogP contribution in [-0.2, 0) is 9.59 Å². The van der Waals surface area contributed by atoms with Crippen molar-refractivity contribution in [3.8, 4) is 0 Å². The number of carbonyl (C=O) groups excluding carboxylic acids is 3. The fourth-order valence-corrected chi connectivity index (χ4v) is 6.95. The predicted octanol–water partition coefficient (Wildman–Crippen LogP) is 2.66. The Morgan fingerprint density at radius 1 is 1.00 bits per heavy atom. The molecule has 31 heavy (non-hydrogen) atoms. The van der Waals surface area contributed by atoms with Crippen LogP contribution in [0.15, 0.2) is 18.2 Å². The van der Waals surface area contributed by atoms with Gasteiger partial charge in [-0.05, 0) is 87.3 Å². The normalized spacial score (nSPS) is 31.0. The van der Waals surface area contributed by atoms with Crippen LogP contribution in [0.2, 0.25) is 0 Å². The first-order valence-electron chi connectivity index (χ1n) is 11.7. The van der Waals surface area contributed by atoms with Crippen LogP contribution in [0, 0.1) is 23.2 Å². The summed E-state index contributed by atoms with van der Waals surface area (Å²) >= 11 is 0. The number of hydrogen-bond acceptors (Lipinski definition) is 4. The van der Waals surface area contributed by atoms with Gasteiger partial charge < -0.3 is 21.3 Å². The van der Waals surface area contributed by atoms with Gasteiger partial charge in [0.1, 0.15) is 0 Å². The van der Waals surface area contributed by atoms with Gasteiger partial charge in [-0.3, -0.25) is 14.4 Å². The van der Waals surface area contributed by atoms with Crippen molar-refractivity contribution in [1.29, 1.82) is 0 Å². The first-order chi connectivity index (χ1) is 14.9. The van der Waals surface area contributed by atoms with E-state index in [1.165, 1.54) is 19.3 Å². The molecule has 0 unspecified atom stereocenters. The van der Waals surface area contributed by atoms with Gasteiger partial charge in [0.2, 0.25) is 17.7 Å². The highest BCUT2D eigenvalue weighted by molar-refractivity contribution is 6.01. The van der Waals surface area contributed by atoms with Gasteiger partial charge in [-0.1, -0.05) is 0 Å². The molecule has 0 aromatic heterocycles. The molecule has 4 N–H and O–H groups in total. The molecule has 0 radical (unpaired) electrons. The molecule has 7 nitrogen and oxygen atoms in total. The van der Waals surface area contributed by atoms with Gasteiger partial charge in [0, 0.05) is 24.1 Å². The summed E-state index contributed by atoms with van der Waals surface area (Å²) < 4.78 is 0. The Hall–Kier alpha value is -2.57. The second-order valence-electron chi connectivity index (χ2n) is 10.2. The summed E-state index contributed by atoms with van der Waals surface area (Å²) in [6.07, 6.45) is 8.98. The number of nitrogens with zero attached hydrogens (tertiary/aromatic N) is 1. The largest absolute Gasteiger partial charge is 0.370 e. The summed E-state index contributed by atoms with van der Waals surface area (Å²) in [5.41, 5.74) is 7.00. The van der Waals surface area contributed by atoms with Gasteiger partial charge in [-0.15, -0.1) is 0 Å². The highest BCUT2D eigenvalue weighted by Crippen LogP contribution is 2.60. The molecule has 4 aliphatic carbocycles. The molecule has 1 aromatic rings. The topological polar surface area (TPSA) is 105 Å². The Morgan fingerprint density at radius 3 is 2.19 bits per heavy atom. The molecule has 1 aliphatic heterocycles. The van der Waals surface area contributed by atoms with Crippen LogP contribution < -0.4 is 21.3 Å². The summed E-state index contributed by atoms with van der Waals surface area (Å²) in [4.78, 5) is 39.7. The third-order valence-corrected chi connectivity index (χ3v) is 7.93. The summed E-state index contributed by atoms with van der Waals surface area (Å²) in [7, 11) is 0. The van der Waals surface area contributed by atoms with Crippen molar-refractivity contribution in [2.24, 2.45) is 28.9 Å². The van der Waals surface area contributed by atoms with Crippen molar-refractivity contribution in [3.05, 3.63) is 23.8 Å². The van der Waals surface area contributed by atoms with E-state index in [0.29, 0.717) is 29.0 Å². The van der Waals surface area contributed by atoms with E-state index in [1.807, 2.05) is 6.07 Å². The van der Waals surface area contributed by atoms with Gasteiger partial charge in [0.15, 0.2) is 0 Å². The third-order valence-electron chi connectivity index (χ3n) is 7.93. The number of anilines is 2. The van der Waals surface area contributed by atoms with E-state index in [1.54, 1.807) is 12.1 Å². The molecule has 4 saturated carbocycles. The highest BCUT2D eigenvalue weighted by atomic mass is 16.2. The van der Waals surface area contributed by atoms with Crippen molar-refractivity contribution in [1.82, 2.24) is 5.32 Å². The molecule has 4 bridgehead atoms. The van der Waals surface area contributed by atoms with E-state index in [-0.39, 0.29) is 23.8 Å². The molecule has 5 aliphatic rings. The molecule has 166 valence electrons. The Bertz CT molecular complexity index is 871. The van der Waals surface area contributed by atoms with E-state index < -0.39 is 5.91 Å². The number of nitrogens with two attached hydrogens (primary N) is 1. The lowest BCUT2D eigenvalue weighted by Crippen LogP contribution is -2.54. The van der Waals surface area contributed by atoms with Crippen LogP contribution in [-0.4, -0.2) is 37.4 Å². The second kappa shape index (κ2) is 7.84. The van der Waals surface area contributed by atoms with Crippen molar-refractivity contribution < 1.29 is 14.4 Å². The average Bonchev–Trinajstić information content (AvgIpc) is 3.25. The summed E-state index contributed by atoms with van der Waals surface area (Å²) in [6.45, 7) is 1.78. The zero-order valence-electron chi connectivity index (χ0n) is 18.0. The third kappa shape index (κ3) is 3.90. The Morgan fingerprint density at radius 2 is 1.61 bits per heavy atom. The molecular weight excluding hydrogens is 392 g/mol. The molecule has 7 heteroatoms. The van der Waals surface area contributed by atoms with E-state index in [4.69, 9.17) is 5.73 Å². The summed E-state index contributed by atoms with van der Waals surface area (Å²) in [6, 6.07) is 5.17. The zero-order valence-corrected chi connectivity index (χ0v) is 18.0. The quantitative estimate of drug-likeness (QED) is 0.653. The smallest absolute Gasteiger partial charge is 0.248 e. The minimum atomic E-state index is -0.529. The lowest BCUT2D eigenvalue weighted by Gasteiger charge is -2.55. The molecule has 0 atom stereocenters. The SMILES string of the molecule is NC(=O)c1ccc(N2CCCC2)c(NC(=O)CNC(=O)C23CC4CC(CC(C4)C2)C3)c1.